The van der Waals surface area contributed by atoms with Crippen LogP contribution in [0.5, 0.6) is 0 Å². The first-order valence-corrected chi connectivity index (χ1v) is 7.34. The zero-order chi connectivity index (χ0) is 16.1. The second-order valence-corrected chi connectivity index (χ2v) is 7.71. The highest BCUT2D eigenvalue weighted by atomic mass is 16.6. The summed E-state index contributed by atoms with van der Waals surface area (Å²) in [5, 5.41) is 0. The Bertz CT molecular complexity index is 324. The van der Waals surface area contributed by atoms with Crippen LogP contribution in [-0.2, 0) is 9.53 Å². The van der Waals surface area contributed by atoms with Crippen molar-refractivity contribution in [3.05, 3.63) is 0 Å². The van der Waals surface area contributed by atoms with Gasteiger partial charge in [0.05, 0.1) is 0 Å². The summed E-state index contributed by atoms with van der Waals surface area (Å²) in [4.78, 5) is 25.2. The highest BCUT2D eigenvalue weighted by Crippen LogP contribution is 2.26. The molecule has 0 fully saturated rings. The number of carbonyl (C=O) groups is 2. The van der Waals surface area contributed by atoms with Crippen LogP contribution in [0.2, 0.25) is 0 Å². The molecule has 118 valence electrons. The summed E-state index contributed by atoms with van der Waals surface area (Å²) in [6, 6.07) is -0.123. The minimum Gasteiger partial charge on any atom is -0.444 e. The lowest BCUT2D eigenvalue weighted by molar-refractivity contribution is -0.109. The van der Waals surface area contributed by atoms with Crippen molar-refractivity contribution in [1.29, 1.82) is 0 Å². The van der Waals surface area contributed by atoms with Gasteiger partial charge in [-0.1, -0.05) is 13.8 Å². The third-order valence-electron chi connectivity index (χ3n) is 2.79. The van der Waals surface area contributed by atoms with E-state index >= 15 is 0 Å². The van der Waals surface area contributed by atoms with Gasteiger partial charge < -0.3 is 9.53 Å². The summed E-state index contributed by atoms with van der Waals surface area (Å²) in [6.45, 7) is 15.6. The van der Waals surface area contributed by atoms with Crippen LogP contribution in [0.3, 0.4) is 0 Å². The van der Waals surface area contributed by atoms with Crippen molar-refractivity contribution in [1.82, 2.24) is 4.90 Å². The SMILES string of the molecule is CC(C)CC(CC=O)N(C(=O)OC(C)(C)C)C(C)(C)C. The van der Waals surface area contributed by atoms with Gasteiger partial charge in [-0.3, -0.25) is 4.90 Å². The van der Waals surface area contributed by atoms with Crippen molar-refractivity contribution in [3.63, 3.8) is 0 Å². The zero-order valence-corrected chi connectivity index (χ0v) is 14.3. The molecule has 0 rings (SSSR count). The highest BCUT2D eigenvalue weighted by Gasteiger charge is 2.36. The Morgan fingerprint density at radius 3 is 1.95 bits per heavy atom. The Balaban J connectivity index is 5.29. The van der Waals surface area contributed by atoms with E-state index in [1.807, 2.05) is 41.5 Å². The van der Waals surface area contributed by atoms with E-state index in [1.54, 1.807) is 4.90 Å². The van der Waals surface area contributed by atoms with Gasteiger partial charge in [-0.15, -0.1) is 0 Å². The molecule has 1 atom stereocenters. The molecular formula is C16H31NO3. The van der Waals surface area contributed by atoms with Crippen molar-refractivity contribution in [2.75, 3.05) is 0 Å². The van der Waals surface area contributed by atoms with Crippen LogP contribution in [0.1, 0.15) is 68.2 Å². The molecule has 0 aliphatic heterocycles. The fourth-order valence-corrected chi connectivity index (χ4v) is 2.24. The van der Waals surface area contributed by atoms with E-state index in [-0.39, 0.29) is 17.7 Å². The minimum atomic E-state index is -0.538. The van der Waals surface area contributed by atoms with Crippen LogP contribution in [-0.4, -0.2) is 34.5 Å². The number of amides is 1. The molecule has 0 aliphatic carbocycles. The largest absolute Gasteiger partial charge is 0.444 e. The predicted molar refractivity (Wildman–Crippen MR) is 81.8 cm³/mol. The van der Waals surface area contributed by atoms with Crippen LogP contribution in [0.25, 0.3) is 0 Å². The normalized spacial score (nSPS) is 14.1. The summed E-state index contributed by atoms with van der Waals surface area (Å²) in [6.07, 6.45) is 1.66. The number of ether oxygens (including phenoxy) is 1. The maximum absolute atomic E-state index is 12.5. The van der Waals surface area contributed by atoms with Crippen LogP contribution in [0, 0.1) is 5.92 Å². The molecule has 0 aromatic heterocycles. The summed E-state index contributed by atoms with van der Waals surface area (Å²) in [7, 11) is 0. The van der Waals surface area contributed by atoms with Gasteiger partial charge >= 0.3 is 6.09 Å². The molecule has 0 heterocycles. The maximum atomic E-state index is 12.5. The van der Waals surface area contributed by atoms with Gasteiger partial charge in [-0.2, -0.15) is 0 Å². The average Bonchev–Trinajstić information content (AvgIpc) is 2.10. The molecule has 1 amide bonds. The number of carbonyl (C=O) groups excluding carboxylic acids is 2. The first kappa shape index (κ1) is 18.9. The topological polar surface area (TPSA) is 46.6 Å². The van der Waals surface area contributed by atoms with E-state index < -0.39 is 5.60 Å². The number of rotatable bonds is 5. The lowest BCUT2D eigenvalue weighted by Crippen LogP contribution is -2.53. The molecule has 0 radical (unpaired) electrons. The zero-order valence-electron chi connectivity index (χ0n) is 14.3. The lowest BCUT2D eigenvalue weighted by Gasteiger charge is -2.42. The summed E-state index contributed by atoms with van der Waals surface area (Å²) < 4.78 is 5.51. The van der Waals surface area contributed by atoms with Crippen molar-refractivity contribution in [2.24, 2.45) is 5.92 Å². The first-order valence-electron chi connectivity index (χ1n) is 7.34. The summed E-state index contributed by atoms with van der Waals surface area (Å²) >= 11 is 0. The van der Waals surface area contributed by atoms with E-state index in [9.17, 15) is 9.59 Å². The molecule has 0 N–H and O–H groups in total. The second kappa shape index (κ2) is 7.09. The van der Waals surface area contributed by atoms with Crippen LogP contribution >= 0.6 is 0 Å². The Hall–Kier alpha value is -1.06. The third-order valence-corrected chi connectivity index (χ3v) is 2.79. The number of hydrogen-bond acceptors (Lipinski definition) is 3. The molecule has 4 nitrogen and oxygen atoms in total. The number of hydrogen-bond donors (Lipinski definition) is 0. The van der Waals surface area contributed by atoms with Gasteiger partial charge in [0.15, 0.2) is 0 Å². The fraction of sp³-hybridized carbons (Fsp3) is 0.875. The van der Waals surface area contributed by atoms with Gasteiger partial charge in [0.1, 0.15) is 11.9 Å². The highest BCUT2D eigenvalue weighted by molar-refractivity contribution is 5.70. The van der Waals surface area contributed by atoms with Crippen LogP contribution < -0.4 is 0 Å². The molecule has 0 bridgehead atoms. The van der Waals surface area contributed by atoms with E-state index in [0.29, 0.717) is 12.3 Å². The van der Waals surface area contributed by atoms with Gasteiger partial charge in [-0.05, 0) is 53.9 Å². The molecule has 0 aromatic rings. The first-order chi connectivity index (χ1) is 8.88. The van der Waals surface area contributed by atoms with Crippen molar-refractivity contribution < 1.29 is 14.3 Å². The molecule has 0 spiro atoms. The number of nitrogens with zero attached hydrogens (tertiary/aromatic N) is 1. The van der Waals surface area contributed by atoms with Gasteiger partial charge in [0.25, 0.3) is 0 Å². The molecule has 1 unspecified atom stereocenters. The van der Waals surface area contributed by atoms with Gasteiger partial charge in [-0.25, -0.2) is 4.79 Å². The molecule has 0 aromatic carbocycles. The van der Waals surface area contributed by atoms with E-state index in [4.69, 9.17) is 4.74 Å². The monoisotopic (exact) mass is 285 g/mol. The maximum Gasteiger partial charge on any atom is 0.410 e. The van der Waals surface area contributed by atoms with Gasteiger partial charge in [0, 0.05) is 18.0 Å². The van der Waals surface area contributed by atoms with E-state index in [2.05, 4.69) is 13.8 Å². The fourth-order valence-electron chi connectivity index (χ4n) is 2.24. The quantitative estimate of drug-likeness (QED) is 0.717. The van der Waals surface area contributed by atoms with Crippen molar-refractivity contribution in [3.8, 4) is 0 Å². The molecule has 0 aliphatic rings. The summed E-state index contributed by atoms with van der Waals surface area (Å²) in [5.41, 5.74) is -0.922. The number of aldehydes is 1. The Morgan fingerprint density at radius 1 is 1.15 bits per heavy atom. The van der Waals surface area contributed by atoms with Crippen LogP contribution in [0.15, 0.2) is 0 Å². The molecular weight excluding hydrogens is 254 g/mol. The Morgan fingerprint density at radius 2 is 1.65 bits per heavy atom. The molecule has 4 heteroatoms. The minimum absolute atomic E-state index is 0.123. The van der Waals surface area contributed by atoms with Crippen LogP contribution in [0.4, 0.5) is 4.79 Å². The smallest absolute Gasteiger partial charge is 0.410 e. The van der Waals surface area contributed by atoms with Crippen molar-refractivity contribution in [2.45, 2.75) is 85.4 Å². The molecule has 20 heavy (non-hydrogen) atoms. The second-order valence-electron chi connectivity index (χ2n) is 7.71. The van der Waals surface area contributed by atoms with E-state index in [0.717, 1.165) is 12.7 Å². The molecule has 0 saturated carbocycles. The summed E-state index contributed by atoms with van der Waals surface area (Å²) in [5.74, 6) is 0.409. The standard InChI is InChI=1S/C16H31NO3/c1-12(2)11-13(9-10-18)17(15(3,4)5)14(19)20-16(6,7)8/h10,12-13H,9,11H2,1-8H3. The van der Waals surface area contributed by atoms with Gasteiger partial charge in [0.2, 0.25) is 0 Å². The third kappa shape index (κ3) is 6.92. The Kier molecular flexibility index (Phi) is 6.72. The Labute approximate surface area is 123 Å². The van der Waals surface area contributed by atoms with Crippen molar-refractivity contribution >= 4 is 12.4 Å². The molecule has 0 saturated heterocycles. The predicted octanol–water partition coefficient (Wildman–Crippen LogP) is 4.03. The average molecular weight is 285 g/mol. The lowest BCUT2D eigenvalue weighted by atomic mass is 9.95. The van der Waals surface area contributed by atoms with E-state index in [1.165, 1.54) is 0 Å².